The largest absolute Gasteiger partial charge is 1.00 e. The molecule has 143 heavy (non-hydrogen) atoms. The Hall–Kier alpha value is -12.8. The molecule has 6 aromatic rings. The smallest absolute Gasteiger partial charge is 0.446 e. The van der Waals surface area contributed by atoms with E-state index in [2.05, 4.69) is 60.3 Å². The average molecular weight is 2070 g/mol. The summed E-state index contributed by atoms with van der Waals surface area (Å²) in [7, 11) is 0. The van der Waals surface area contributed by atoms with Gasteiger partial charge in [0.2, 0.25) is 29.9 Å². The van der Waals surface area contributed by atoms with Crippen LogP contribution in [-0.4, -0.2) is 265 Å². The summed E-state index contributed by atoms with van der Waals surface area (Å²) >= 11 is 11.3. The molecule has 0 saturated carbocycles. The van der Waals surface area contributed by atoms with Crippen LogP contribution in [0.3, 0.4) is 0 Å². The van der Waals surface area contributed by atoms with E-state index in [0.717, 1.165) is 12.8 Å². The van der Waals surface area contributed by atoms with E-state index < -0.39 is 71.3 Å². The number of hydrogen-bond donors (Lipinski definition) is 17. The minimum Gasteiger partial charge on any atom is -1.00 e. The number of rotatable bonds is 57. The Morgan fingerprint density at radius 3 is 1.07 bits per heavy atom. The maximum Gasteiger partial charge on any atom is 0.446 e. The molecule has 4 aliphatic heterocycles. The van der Waals surface area contributed by atoms with Crippen molar-refractivity contribution in [2.24, 2.45) is 29.0 Å². The van der Waals surface area contributed by atoms with Crippen molar-refractivity contribution in [3.63, 3.8) is 0 Å². The molecule has 0 unspecified atom stereocenters. The van der Waals surface area contributed by atoms with Gasteiger partial charge in [-0.05, 0) is 112 Å². The van der Waals surface area contributed by atoms with E-state index in [0.29, 0.717) is 230 Å². The highest BCUT2D eigenvalue weighted by atomic mass is 35.5. The maximum absolute atomic E-state index is 12.5. The Balaban J connectivity index is 0.000000335. The Bertz CT molecular complexity index is 4960. The van der Waals surface area contributed by atoms with Crippen molar-refractivity contribution < 1.29 is 172 Å². The third-order valence-corrected chi connectivity index (χ3v) is 22.1. The number of quaternary nitrogens is 2. The molecule has 46 heteroatoms. The third kappa shape index (κ3) is 41.6. The lowest BCUT2D eigenvalue weighted by Crippen LogP contribution is -3.00. The van der Waals surface area contributed by atoms with Crippen LogP contribution in [0.25, 0.3) is 0 Å². The second-order valence-electron chi connectivity index (χ2n) is 32.7. The van der Waals surface area contributed by atoms with Crippen LogP contribution < -0.4 is 92.8 Å². The van der Waals surface area contributed by atoms with E-state index in [9.17, 15) is 91.1 Å². The quantitative estimate of drug-likeness (QED) is 0.00594. The van der Waals surface area contributed by atoms with Crippen molar-refractivity contribution in [3.05, 3.63) is 178 Å². The molecular weight excluding hydrogens is 1940 g/mol. The van der Waals surface area contributed by atoms with Gasteiger partial charge in [0.05, 0.1) is 101 Å². The van der Waals surface area contributed by atoms with Crippen molar-refractivity contribution in [1.29, 1.82) is 0 Å². The van der Waals surface area contributed by atoms with Gasteiger partial charge in [-0.2, -0.15) is 13.2 Å². The number of aromatic hydroxyl groups is 4. The molecule has 10 rings (SSSR count). The number of halogens is 6. The number of nitrogens with one attached hydrogen (secondary N) is 8. The Labute approximate surface area is 840 Å². The number of ether oxygens (including phenoxy) is 10. The molecule has 4 aliphatic rings. The topological polar surface area (TPSA) is 627 Å². The highest BCUT2D eigenvalue weighted by Gasteiger charge is 2.55. The predicted octanol–water partition coefficient (Wildman–Crippen LogP) is -0.0651. The van der Waals surface area contributed by atoms with E-state index in [4.69, 9.17) is 92.6 Å². The second-order valence-corrected chi connectivity index (χ2v) is 33.2. The lowest BCUT2D eigenvalue weighted by atomic mass is 9.77. The number of fused-ring (bicyclic) bond motifs is 12. The van der Waals surface area contributed by atoms with Gasteiger partial charge in [0.15, 0.2) is 46.4 Å². The van der Waals surface area contributed by atoms with Gasteiger partial charge in [0, 0.05) is 181 Å². The first kappa shape index (κ1) is 121. The number of Topliss-reactive ketones (excluding diaryl/α,β-unsaturated/α-hetero) is 4. The van der Waals surface area contributed by atoms with Gasteiger partial charge >= 0.3 is 24.1 Å². The number of hydrogen-bond acceptors (Lipinski definition) is 29. The highest BCUT2D eigenvalue weighted by molar-refractivity contribution is 6.28. The summed E-state index contributed by atoms with van der Waals surface area (Å²) in [5.74, 6) is -2.67. The molecule has 4 heterocycles. The number of carbonyl (C=O) groups excluding carboxylic acids is 13. The van der Waals surface area contributed by atoms with Crippen molar-refractivity contribution in [2.75, 3.05) is 143 Å². The Morgan fingerprint density at radius 1 is 0.455 bits per heavy atom. The van der Waals surface area contributed by atoms with Gasteiger partial charge in [-0.3, -0.25) is 69.2 Å². The minimum absolute atomic E-state index is 0. The van der Waals surface area contributed by atoms with Crippen molar-refractivity contribution >= 4 is 106 Å². The second kappa shape index (κ2) is 63.9. The summed E-state index contributed by atoms with van der Waals surface area (Å²) < 4.78 is 87.3. The molecule has 0 radical (unpaired) electrons. The molecule has 6 aromatic carbocycles. The van der Waals surface area contributed by atoms with Gasteiger partial charge in [-0.25, -0.2) is 9.59 Å². The van der Waals surface area contributed by atoms with Gasteiger partial charge in [-0.15, -0.1) is 23.2 Å². The fraction of sp³-hybridized carbons (Fsp3) is 0.464. The van der Waals surface area contributed by atoms with Crippen LogP contribution in [0.2, 0.25) is 0 Å². The highest BCUT2D eigenvalue weighted by Crippen LogP contribution is 2.59. The molecule has 2 spiro atoms. The van der Waals surface area contributed by atoms with Gasteiger partial charge < -0.3 is 135 Å². The zero-order chi connectivity index (χ0) is 104. The van der Waals surface area contributed by atoms with Crippen LogP contribution in [0.5, 0.6) is 46.0 Å². The van der Waals surface area contributed by atoms with Crippen molar-refractivity contribution in [2.45, 2.75) is 133 Å². The van der Waals surface area contributed by atoms with E-state index in [1.165, 1.54) is 62.4 Å². The zero-order valence-corrected chi connectivity index (χ0v) is 82.0. The molecule has 0 aromatic heterocycles. The molecule has 6 amide bonds. The SMILES string of the molecule is C=C(N)NCCC[C@H](CC(=O)CNC(=O)[C@@H]([NH3+])CCC(=O)NCCCOCCOCCOCCCNC(C)=O)C(=O)CCl.CC(=O)NCCCOCCOCCOCCCNC(=O)CC[C@H]([NH3+])C(=O)NCC(=O)C[C@@H](CCC[NH+]=C(N)N)C(=O)CCl.O=C1OC2(c3ccc(O)cc3Oc3cc(O)ccc32)c2ccccc21.O=C1OC2(c3ccc(O)cc3Oc3cc(O)ccc32)c2ccccc21.O=CC(F)(F)F.[Cl-]. The number of aldehydes is 1. The molecular formula is C97H129Cl3F3N13O27+2. The third-order valence-electron chi connectivity index (χ3n) is 21.6. The Morgan fingerprint density at radius 2 is 0.762 bits per heavy atom. The fourth-order valence-electron chi connectivity index (χ4n) is 14.6. The number of phenolic OH excluding ortho intramolecular Hbond substituents is 4. The van der Waals surface area contributed by atoms with Crippen molar-refractivity contribution in [3.8, 4) is 46.0 Å². The van der Waals surface area contributed by atoms with Crippen LogP contribution in [0, 0.1) is 11.8 Å². The van der Waals surface area contributed by atoms with Crippen LogP contribution in [-0.2, 0) is 102 Å². The predicted molar refractivity (Wildman–Crippen MR) is 509 cm³/mol. The van der Waals surface area contributed by atoms with Gasteiger partial charge in [0.1, 0.15) is 46.0 Å². The molecule has 0 saturated heterocycles. The van der Waals surface area contributed by atoms with Crippen molar-refractivity contribution in [1.82, 2.24) is 37.2 Å². The number of amides is 6. The maximum atomic E-state index is 12.5. The summed E-state index contributed by atoms with van der Waals surface area (Å²) in [6.45, 7) is 14.7. The standard InChI is InChI=1S/C28H51ClN6O8.C27H50ClN7O8.2C20H12O5.C2HF3O.ClH/c1-21(30)32-9-3-6-23(26(38)19-29)18-24(37)20-35-28(40)25(31)7-8-27(39)34-11-5-13-42-15-17-43-16-14-41-12-4-10-33-22(2)36;1-20(36)32-9-3-11-41-13-15-43-16-14-42-12-4-10-33-25(39)7-6-23(29)26(40)35-19-22(37)17-21(24(38)18-28)5-2-8-34-27(30)31;2*21-11-5-7-15-17(9-11)24-18-10-12(22)6-8-16(18)20(15)14-4-2-1-3-13(14)19(23)25-20;3-2(4,5)1-6;/h23,25,32H,1,3-20,30-31H2,2H3,(H,33,36)(H,34,39)(H,35,40);21,23H,2-19,29H2,1H3,(H,32,36)(H,33,39)(H,35,40)(H4,30,31,34);2*1-10,21-22H;1H;1H/p+2/t23-,25+;21-,23+;;;;/m11..../s1. The van der Waals surface area contributed by atoms with Crippen LogP contribution in [0.4, 0.5) is 13.2 Å². The normalized spacial score (nSPS) is 13.3. The summed E-state index contributed by atoms with van der Waals surface area (Å²) in [6, 6.07) is 31.8. The van der Waals surface area contributed by atoms with Crippen LogP contribution >= 0.6 is 23.2 Å². The number of phenols is 4. The first-order chi connectivity index (χ1) is 67.9. The van der Waals surface area contributed by atoms with Crippen LogP contribution in [0.15, 0.2) is 134 Å². The molecule has 0 fully saturated rings. The van der Waals surface area contributed by atoms with E-state index in [1.54, 1.807) is 48.5 Å². The summed E-state index contributed by atoms with van der Waals surface area (Å²) in [6.07, 6.45) is -0.248. The Kier molecular flexibility index (Phi) is 54.0. The first-order valence-corrected chi connectivity index (χ1v) is 47.0. The summed E-state index contributed by atoms with van der Waals surface area (Å²) in [5.41, 5.74) is 26.2. The number of alkyl halides is 5. The van der Waals surface area contributed by atoms with Gasteiger partial charge in [-0.1, -0.05) is 43.0 Å². The van der Waals surface area contributed by atoms with E-state index >= 15 is 0 Å². The lowest BCUT2D eigenvalue weighted by Gasteiger charge is -2.36. The minimum atomic E-state index is -4.64. The summed E-state index contributed by atoms with van der Waals surface area (Å²) in [5, 5.41) is 58.2. The number of ketones is 4. The molecule has 24 N–H and O–H groups in total. The fourth-order valence-corrected chi connectivity index (χ4v) is 15.1. The number of nitrogens with two attached hydrogens (primary N) is 3. The monoisotopic (exact) mass is 2070 g/mol. The molecule has 0 aliphatic carbocycles. The van der Waals surface area contributed by atoms with E-state index in [-0.39, 0.29) is 152 Å². The number of carbonyl (C=O) groups is 13. The number of guanidine groups is 1. The lowest BCUT2D eigenvalue weighted by molar-refractivity contribution is -0.459. The van der Waals surface area contributed by atoms with Crippen LogP contribution in [0.1, 0.15) is 158 Å². The number of esters is 2. The summed E-state index contributed by atoms with van der Waals surface area (Å²) in [4.78, 5) is 156. The molecule has 784 valence electrons. The molecule has 0 bridgehead atoms. The molecule has 40 nitrogen and oxygen atoms in total. The zero-order valence-electron chi connectivity index (χ0n) is 79.7. The van der Waals surface area contributed by atoms with Gasteiger partial charge in [0.25, 0.3) is 11.8 Å². The molecule has 4 atom stereocenters. The van der Waals surface area contributed by atoms with E-state index in [1.807, 2.05) is 24.3 Å². The number of benzene rings is 6. The average Bonchev–Trinajstić information content (AvgIpc) is 1.56. The first-order valence-electron chi connectivity index (χ1n) is 46.0.